The maximum absolute atomic E-state index is 10.8. The molecule has 0 unspecified atom stereocenters. The van der Waals surface area contributed by atoms with E-state index < -0.39 is 5.76 Å². The number of hydrogen-bond donors (Lipinski definition) is 1. The summed E-state index contributed by atoms with van der Waals surface area (Å²) in [5.74, 6) is -0.420. The van der Waals surface area contributed by atoms with Crippen molar-refractivity contribution < 1.29 is 4.42 Å². The Morgan fingerprint density at radius 1 is 1.50 bits per heavy atom. The molecule has 0 saturated heterocycles. The van der Waals surface area contributed by atoms with E-state index in [-0.39, 0.29) is 0 Å². The number of aromatic nitrogens is 1. The maximum Gasteiger partial charge on any atom is 0.417 e. The fourth-order valence-corrected chi connectivity index (χ4v) is 1.51. The summed E-state index contributed by atoms with van der Waals surface area (Å²) in [6, 6.07) is 3.73. The molecule has 0 aliphatic carbocycles. The molecule has 1 aromatic heterocycles. The molecule has 12 heavy (non-hydrogen) atoms. The molecule has 4 heteroatoms. The van der Waals surface area contributed by atoms with Crippen LogP contribution in [0.15, 0.2) is 25.8 Å². The minimum absolute atomic E-state index is 0.420. The average Bonchev–Trinajstić information content (AvgIpc) is 2.39. The van der Waals surface area contributed by atoms with Gasteiger partial charge in [0.05, 0.1) is 9.99 Å². The number of halogens is 1. The van der Waals surface area contributed by atoms with E-state index in [4.69, 9.17) is 4.42 Å². The third kappa shape index (κ3) is 0.992. The van der Waals surface area contributed by atoms with Crippen LogP contribution in [0.4, 0.5) is 0 Å². The summed E-state index contributed by atoms with van der Waals surface area (Å²) in [6.07, 6.45) is 0. The van der Waals surface area contributed by atoms with E-state index in [2.05, 4.69) is 20.9 Å². The Labute approximate surface area is 76.5 Å². The summed E-state index contributed by atoms with van der Waals surface area (Å²) in [5.41, 5.74) is 2.35. The first-order chi connectivity index (χ1) is 5.68. The van der Waals surface area contributed by atoms with Crippen molar-refractivity contribution in [2.24, 2.45) is 0 Å². The minimum atomic E-state index is -0.420. The van der Waals surface area contributed by atoms with Crippen LogP contribution in [0.5, 0.6) is 0 Å². The number of aryl methyl sites for hydroxylation is 1. The summed E-state index contributed by atoms with van der Waals surface area (Å²) in [7, 11) is 0. The van der Waals surface area contributed by atoms with Crippen molar-refractivity contribution in [3.8, 4) is 0 Å². The van der Waals surface area contributed by atoms with Crippen LogP contribution < -0.4 is 5.76 Å². The highest BCUT2D eigenvalue weighted by atomic mass is 79.9. The van der Waals surface area contributed by atoms with Crippen molar-refractivity contribution in [3.63, 3.8) is 0 Å². The van der Waals surface area contributed by atoms with Crippen molar-refractivity contribution >= 4 is 27.0 Å². The Balaban J connectivity index is 2.99. The quantitative estimate of drug-likeness (QED) is 0.751. The monoisotopic (exact) mass is 227 g/mol. The Morgan fingerprint density at radius 3 is 3.00 bits per heavy atom. The topological polar surface area (TPSA) is 46.0 Å². The molecule has 3 nitrogen and oxygen atoms in total. The molecule has 0 aliphatic rings. The number of oxazole rings is 1. The lowest BCUT2D eigenvalue weighted by atomic mass is 10.2. The Bertz CT molecular complexity index is 483. The molecule has 0 saturated carbocycles. The lowest BCUT2D eigenvalue weighted by Crippen LogP contribution is -1.92. The van der Waals surface area contributed by atoms with Crippen LogP contribution in [-0.2, 0) is 0 Å². The number of hydrogen-bond acceptors (Lipinski definition) is 2. The summed E-state index contributed by atoms with van der Waals surface area (Å²) < 4.78 is 5.75. The van der Waals surface area contributed by atoms with E-state index in [0.29, 0.717) is 5.58 Å². The van der Waals surface area contributed by atoms with Crippen molar-refractivity contribution in [3.05, 3.63) is 32.7 Å². The van der Waals surface area contributed by atoms with Gasteiger partial charge < -0.3 is 4.42 Å². The Hall–Kier alpha value is -1.03. The third-order valence-electron chi connectivity index (χ3n) is 1.72. The molecule has 1 heterocycles. The number of rotatable bonds is 0. The van der Waals surface area contributed by atoms with Gasteiger partial charge in [0, 0.05) is 0 Å². The zero-order valence-electron chi connectivity index (χ0n) is 6.35. The predicted molar refractivity (Wildman–Crippen MR) is 49.3 cm³/mol. The molecule has 0 bridgehead atoms. The Kier molecular flexibility index (Phi) is 1.58. The first-order valence-electron chi connectivity index (χ1n) is 3.46. The van der Waals surface area contributed by atoms with Gasteiger partial charge in [-0.1, -0.05) is 6.07 Å². The van der Waals surface area contributed by atoms with Gasteiger partial charge >= 0.3 is 5.76 Å². The van der Waals surface area contributed by atoms with Gasteiger partial charge in [-0.25, -0.2) is 4.79 Å². The van der Waals surface area contributed by atoms with Crippen molar-refractivity contribution in [2.75, 3.05) is 0 Å². The number of benzene rings is 1. The molecule has 0 spiro atoms. The standard InChI is InChI=1S/C8H6BrNO2/c1-4-2-3-5-7(6(4)9)12-8(11)10-5/h2-3H,1H3,(H,10,11). The molecule has 0 radical (unpaired) electrons. The van der Waals surface area contributed by atoms with E-state index in [9.17, 15) is 4.79 Å². The number of fused-ring (bicyclic) bond motifs is 1. The smallest absolute Gasteiger partial charge is 0.407 e. The van der Waals surface area contributed by atoms with Gasteiger partial charge in [0.2, 0.25) is 0 Å². The van der Waals surface area contributed by atoms with Crippen LogP contribution in [0.3, 0.4) is 0 Å². The van der Waals surface area contributed by atoms with Crippen LogP contribution in [-0.4, -0.2) is 4.98 Å². The number of H-pyrrole nitrogens is 1. The van der Waals surface area contributed by atoms with Gasteiger partial charge in [-0.3, -0.25) is 4.98 Å². The first kappa shape index (κ1) is 7.61. The lowest BCUT2D eigenvalue weighted by molar-refractivity contribution is 0.553. The van der Waals surface area contributed by atoms with E-state index in [1.807, 2.05) is 19.1 Å². The molecular formula is C8H6BrNO2. The van der Waals surface area contributed by atoms with Gasteiger partial charge in [0.25, 0.3) is 0 Å². The van der Waals surface area contributed by atoms with Crippen molar-refractivity contribution in [2.45, 2.75) is 6.92 Å². The highest BCUT2D eigenvalue weighted by molar-refractivity contribution is 9.10. The molecule has 0 fully saturated rings. The SMILES string of the molecule is Cc1ccc2[nH]c(=O)oc2c1Br. The van der Waals surface area contributed by atoms with Crippen LogP contribution in [0, 0.1) is 6.92 Å². The minimum Gasteiger partial charge on any atom is -0.407 e. The van der Waals surface area contributed by atoms with Crippen LogP contribution >= 0.6 is 15.9 Å². The molecule has 0 amide bonds. The largest absolute Gasteiger partial charge is 0.417 e. The van der Waals surface area contributed by atoms with E-state index in [1.165, 1.54) is 0 Å². The van der Waals surface area contributed by atoms with Crippen molar-refractivity contribution in [1.29, 1.82) is 0 Å². The second-order valence-corrected chi connectivity index (χ2v) is 3.38. The Morgan fingerprint density at radius 2 is 2.25 bits per heavy atom. The molecule has 0 atom stereocenters. The zero-order valence-corrected chi connectivity index (χ0v) is 7.94. The second kappa shape index (κ2) is 2.48. The molecule has 1 N–H and O–H groups in total. The molecule has 0 aliphatic heterocycles. The zero-order chi connectivity index (χ0) is 8.72. The van der Waals surface area contributed by atoms with Gasteiger partial charge in [0.1, 0.15) is 0 Å². The first-order valence-corrected chi connectivity index (χ1v) is 4.26. The summed E-state index contributed by atoms with van der Waals surface area (Å²) in [5, 5.41) is 0. The van der Waals surface area contributed by atoms with E-state index in [0.717, 1.165) is 15.6 Å². The van der Waals surface area contributed by atoms with Gasteiger partial charge in [-0.2, -0.15) is 0 Å². The van der Waals surface area contributed by atoms with Crippen LogP contribution in [0.25, 0.3) is 11.1 Å². The highest BCUT2D eigenvalue weighted by Crippen LogP contribution is 2.24. The third-order valence-corrected chi connectivity index (χ3v) is 2.71. The average molecular weight is 228 g/mol. The molecule has 62 valence electrons. The highest BCUT2D eigenvalue weighted by Gasteiger charge is 2.06. The number of aromatic amines is 1. The molecule has 2 rings (SSSR count). The normalized spacial score (nSPS) is 10.8. The maximum atomic E-state index is 10.8. The van der Waals surface area contributed by atoms with Gasteiger partial charge in [-0.05, 0) is 34.5 Å². The molecule has 2 aromatic rings. The fraction of sp³-hybridized carbons (Fsp3) is 0.125. The lowest BCUT2D eigenvalue weighted by Gasteiger charge is -1.95. The van der Waals surface area contributed by atoms with Crippen molar-refractivity contribution in [1.82, 2.24) is 4.98 Å². The summed E-state index contributed by atoms with van der Waals surface area (Å²) in [4.78, 5) is 13.4. The van der Waals surface area contributed by atoms with E-state index in [1.54, 1.807) is 0 Å². The number of nitrogens with one attached hydrogen (secondary N) is 1. The molecular weight excluding hydrogens is 222 g/mol. The molecule has 1 aromatic carbocycles. The van der Waals surface area contributed by atoms with Crippen LogP contribution in [0.2, 0.25) is 0 Å². The predicted octanol–water partition coefficient (Wildman–Crippen LogP) is 2.19. The summed E-state index contributed by atoms with van der Waals surface area (Å²) >= 11 is 3.34. The van der Waals surface area contributed by atoms with Gasteiger partial charge in [-0.15, -0.1) is 0 Å². The van der Waals surface area contributed by atoms with Crippen LogP contribution in [0.1, 0.15) is 5.56 Å². The van der Waals surface area contributed by atoms with Gasteiger partial charge in [0.15, 0.2) is 5.58 Å². The second-order valence-electron chi connectivity index (χ2n) is 2.59. The fourth-order valence-electron chi connectivity index (χ4n) is 1.08. The van der Waals surface area contributed by atoms with E-state index >= 15 is 0 Å². The summed E-state index contributed by atoms with van der Waals surface area (Å²) in [6.45, 7) is 1.94.